The van der Waals surface area contributed by atoms with Gasteiger partial charge in [-0.1, -0.05) is 140 Å². The van der Waals surface area contributed by atoms with Gasteiger partial charge in [0.15, 0.2) is 17.5 Å². The molecule has 8 aromatic rings. The molecule has 0 N–H and O–H groups in total. The normalized spacial score (nSPS) is 23.6. The molecule has 2 aromatic heterocycles. The van der Waals surface area contributed by atoms with Gasteiger partial charge in [0.05, 0.1) is 5.52 Å². The zero-order chi connectivity index (χ0) is 39.0. The van der Waals surface area contributed by atoms with Crippen LogP contribution in [0.1, 0.15) is 43.2 Å². The molecule has 0 radical (unpaired) electrons. The number of hydrogen-bond acceptors (Lipinski definition) is 4. The van der Waals surface area contributed by atoms with Crippen molar-refractivity contribution < 1.29 is 0 Å². The second-order valence-corrected chi connectivity index (χ2v) is 22.9. The van der Waals surface area contributed by atoms with Gasteiger partial charge >= 0.3 is 0 Å². The van der Waals surface area contributed by atoms with Crippen molar-refractivity contribution >= 4 is 29.4 Å². The Kier molecular flexibility index (Phi) is 7.03. The van der Waals surface area contributed by atoms with Gasteiger partial charge in [0.2, 0.25) is 0 Å². The maximum absolute atomic E-state index is 5.27. The second kappa shape index (κ2) is 12.2. The lowest BCUT2D eigenvalue weighted by atomic mass is 9.43. The minimum atomic E-state index is -1.97. The van der Waals surface area contributed by atoms with E-state index in [4.69, 9.17) is 19.9 Å². The molecule has 4 fully saturated rings. The molecule has 4 nitrogen and oxygen atoms in total. The van der Waals surface area contributed by atoms with Gasteiger partial charge in [-0.25, -0.2) is 19.9 Å². The molecule has 6 aromatic carbocycles. The largest absolute Gasteiger partial charge is 0.244 e. The molecule has 5 heteroatoms. The Bertz CT molecular complexity index is 3030. The predicted octanol–water partition coefficient (Wildman–Crippen LogP) is 11.6. The third kappa shape index (κ3) is 4.71. The van der Waals surface area contributed by atoms with E-state index in [1.165, 1.54) is 71.0 Å². The standard InChI is InChI=1S/C54H44N4Si/c1-59(2)48-21-9-7-15-39(48)41-17-10-18-42(50(41)59)40-16-11-19-44-49(40)43-24-22-36(31-45(43)54(44)37-27-32-26-33(29-37)30-38(54)28-32)52-56-51(35-13-4-3-5-14-35)57-53(58-52)47-25-23-34-12-6-8-20-46(34)55-47/h3-25,31-33,37-38H,26-30H2,1-2H3. The topological polar surface area (TPSA) is 51.6 Å². The summed E-state index contributed by atoms with van der Waals surface area (Å²) in [6, 6.07) is 53.7. The summed E-state index contributed by atoms with van der Waals surface area (Å²) < 4.78 is 0. The molecule has 4 saturated carbocycles. The predicted molar refractivity (Wildman–Crippen MR) is 242 cm³/mol. The Morgan fingerprint density at radius 1 is 0.475 bits per heavy atom. The number of nitrogens with zero attached hydrogens (tertiary/aromatic N) is 4. The zero-order valence-corrected chi connectivity index (χ0v) is 34.5. The van der Waals surface area contributed by atoms with E-state index in [2.05, 4.69) is 140 Å². The third-order valence-corrected chi connectivity index (χ3v) is 18.9. The number of benzene rings is 6. The molecule has 0 amide bonds. The maximum Gasteiger partial charge on any atom is 0.182 e. The Hall–Kier alpha value is -6.04. The fraction of sp³-hybridized carbons (Fsp3) is 0.222. The molecule has 3 heterocycles. The van der Waals surface area contributed by atoms with Crippen molar-refractivity contribution in [1.29, 1.82) is 0 Å². The summed E-state index contributed by atoms with van der Waals surface area (Å²) in [5.41, 5.74) is 15.4. The van der Waals surface area contributed by atoms with E-state index in [0.29, 0.717) is 29.3 Å². The lowest BCUT2D eigenvalue weighted by molar-refractivity contribution is -0.0399. The molecule has 4 bridgehead atoms. The molecular formula is C54H44N4Si. The fourth-order valence-electron chi connectivity index (χ4n) is 13.2. The van der Waals surface area contributed by atoms with Gasteiger partial charge in [-0.2, -0.15) is 0 Å². The van der Waals surface area contributed by atoms with Crippen LogP contribution < -0.4 is 10.4 Å². The van der Waals surface area contributed by atoms with Gasteiger partial charge in [-0.15, -0.1) is 0 Å². The summed E-state index contributed by atoms with van der Waals surface area (Å²) in [7, 11) is -1.97. The minimum absolute atomic E-state index is 0.0179. The quantitative estimate of drug-likeness (QED) is 0.167. The summed E-state index contributed by atoms with van der Waals surface area (Å²) >= 11 is 0. The Morgan fingerprint density at radius 3 is 1.93 bits per heavy atom. The summed E-state index contributed by atoms with van der Waals surface area (Å²) in [6.07, 6.45) is 6.75. The average molecular weight is 777 g/mol. The number of hydrogen-bond donors (Lipinski definition) is 0. The van der Waals surface area contributed by atoms with E-state index in [9.17, 15) is 0 Å². The maximum atomic E-state index is 5.27. The van der Waals surface area contributed by atoms with Crippen LogP contribution in [0.5, 0.6) is 0 Å². The van der Waals surface area contributed by atoms with Crippen molar-refractivity contribution in [2.75, 3.05) is 0 Å². The Balaban J connectivity index is 1.04. The molecule has 14 rings (SSSR count). The highest BCUT2D eigenvalue weighted by Crippen LogP contribution is 2.70. The third-order valence-electron chi connectivity index (χ3n) is 15.3. The van der Waals surface area contributed by atoms with Crippen LogP contribution in [0.15, 0.2) is 146 Å². The zero-order valence-electron chi connectivity index (χ0n) is 33.5. The van der Waals surface area contributed by atoms with Crippen LogP contribution >= 0.6 is 0 Å². The van der Waals surface area contributed by atoms with Gasteiger partial charge in [-0.3, -0.25) is 0 Å². The first-order chi connectivity index (χ1) is 28.9. The molecular weight excluding hydrogens is 733 g/mol. The highest BCUT2D eigenvalue weighted by atomic mass is 28.3. The molecule has 284 valence electrons. The number of aromatic nitrogens is 4. The highest BCUT2D eigenvalue weighted by Gasteiger charge is 2.62. The SMILES string of the molecule is C[Si]1(C)c2ccccc2-c2cccc(-c3cccc4c3-c3ccc(-c5nc(-c6ccccc6)nc(-c6ccc7ccccc7n6)n5)cc3C43C4CC5CC(C4)CC3C5)c21. The van der Waals surface area contributed by atoms with Crippen LogP contribution in [-0.2, 0) is 5.41 Å². The highest BCUT2D eigenvalue weighted by molar-refractivity contribution is 7.04. The van der Waals surface area contributed by atoms with Crippen molar-refractivity contribution in [3.05, 3.63) is 157 Å². The van der Waals surface area contributed by atoms with Crippen LogP contribution in [-0.4, -0.2) is 28.0 Å². The number of fused-ring (bicyclic) bond motifs is 7. The van der Waals surface area contributed by atoms with Crippen molar-refractivity contribution in [2.45, 2.75) is 50.6 Å². The molecule has 59 heavy (non-hydrogen) atoms. The van der Waals surface area contributed by atoms with Gasteiger partial charge in [-0.05, 0) is 129 Å². The van der Waals surface area contributed by atoms with E-state index in [1.807, 2.05) is 18.2 Å². The van der Waals surface area contributed by atoms with E-state index in [0.717, 1.165) is 39.6 Å². The van der Waals surface area contributed by atoms with Gasteiger partial charge in [0, 0.05) is 21.9 Å². The molecule has 1 spiro atoms. The van der Waals surface area contributed by atoms with Gasteiger partial charge in [0.1, 0.15) is 13.8 Å². The first kappa shape index (κ1) is 33.9. The Morgan fingerprint density at radius 2 is 1.12 bits per heavy atom. The van der Waals surface area contributed by atoms with Crippen LogP contribution in [0.3, 0.4) is 0 Å². The Labute approximate surface area is 346 Å². The lowest BCUT2D eigenvalue weighted by Crippen LogP contribution is -2.55. The van der Waals surface area contributed by atoms with Crippen LogP contribution in [0.4, 0.5) is 0 Å². The second-order valence-electron chi connectivity index (χ2n) is 18.6. The van der Waals surface area contributed by atoms with Crippen molar-refractivity contribution in [3.8, 4) is 67.7 Å². The summed E-state index contributed by atoms with van der Waals surface area (Å²) in [5, 5.41) is 4.25. The summed E-state index contributed by atoms with van der Waals surface area (Å²) in [5.74, 6) is 4.96. The van der Waals surface area contributed by atoms with Crippen molar-refractivity contribution in [3.63, 3.8) is 0 Å². The van der Waals surface area contributed by atoms with Gasteiger partial charge < -0.3 is 0 Å². The minimum Gasteiger partial charge on any atom is -0.244 e. The van der Waals surface area contributed by atoms with Crippen LogP contribution in [0, 0.1) is 23.7 Å². The first-order valence-electron chi connectivity index (χ1n) is 21.7. The van der Waals surface area contributed by atoms with Crippen LogP contribution in [0.2, 0.25) is 13.1 Å². The molecule has 0 atom stereocenters. The van der Waals surface area contributed by atoms with Crippen molar-refractivity contribution in [2.24, 2.45) is 23.7 Å². The molecule has 1 aliphatic heterocycles. The fourth-order valence-corrected chi connectivity index (χ4v) is 16.7. The van der Waals surface area contributed by atoms with E-state index < -0.39 is 8.07 Å². The molecule has 6 aliphatic rings. The van der Waals surface area contributed by atoms with Crippen LogP contribution in [0.25, 0.3) is 78.6 Å². The van der Waals surface area contributed by atoms with E-state index in [-0.39, 0.29) is 5.41 Å². The number of rotatable bonds is 4. The van der Waals surface area contributed by atoms with E-state index >= 15 is 0 Å². The first-order valence-corrected chi connectivity index (χ1v) is 24.7. The number of para-hydroxylation sites is 1. The lowest BCUT2D eigenvalue weighted by Gasteiger charge is -2.61. The number of pyridine rings is 1. The molecule has 5 aliphatic carbocycles. The smallest absolute Gasteiger partial charge is 0.182 e. The monoisotopic (exact) mass is 776 g/mol. The van der Waals surface area contributed by atoms with E-state index in [1.54, 1.807) is 15.9 Å². The molecule has 0 unspecified atom stereocenters. The summed E-state index contributed by atoms with van der Waals surface area (Å²) in [6.45, 7) is 5.12. The molecule has 0 saturated heterocycles. The van der Waals surface area contributed by atoms with Gasteiger partial charge in [0.25, 0.3) is 0 Å². The van der Waals surface area contributed by atoms with Crippen molar-refractivity contribution in [1.82, 2.24) is 19.9 Å². The summed E-state index contributed by atoms with van der Waals surface area (Å²) in [4.78, 5) is 20.6. The average Bonchev–Trinajstić information content (AvgIpc) is 3.70.